The van der Waals surface area contributed by atoms with Gasteiger partial charge in [0.05, 0.1) is 27.0 Å². The molecule has 4 aromatic heterocycles. The van der Waals surface area contributed by atoms with Gasteiger partial charge in [-0.3, -0.25) is 4.68 Å². The number of nitrogens with zero attached hydrogens (tertiary/aromatic N) is 4. The molecule has 0 bridgehead atoms. The number of furan rings is 1. The quantitative estimate of drug-likeness (QED) is 0.0970. The SMILES string of the molecule is B[C@H](c1ccccc1OCc1ccnn1CC(F)(F)F)[C@H](Oc1ncnc2sc(-c3ccc(F)o3)c(Br)c12)C(=O)OCC. The second-order valence-electron chi connectivity index (χ2n) is 9.21. The van der Waals surface area contributed by atoms with Crippen molar-refractivity contribution in [3.63, 3.8) is 0 Å². The average molecular weight is 681 g/mol. The summed E-state index contributed by atoms with van der Waals surface area (Å²) in [7, 11) is 1.73. The van der Waals surface area contributed by atoms with E-state index in [0.29, 0.717) is 30.9 Å². The number of ether oxygens (including phenoxy) is 3. The fourth-order valence-electron chi connectivity index (χ4n) is 4.36. The molecule has 0 amide bonds. The van der Waals surface area contributed by atoms with Gasteiger partial charge in [0.25, 0.3) is 6.01 Å². The van der Waals surface area contributed by atoms with Crippen molar-refractivity contribution in [2.75, 3.05) is 6.61 Å². The molecular weight excluding hydrogens is 659 g/mol. The van der Waals surface area contributed by atoms with Crippen molar-refractivity contribution < 1.29 is 41.0 Å². The summed E-state index contributed by atoms with van der Waals surface area (Å²) in [5.41, 5.74) is 0.764. The van der Waals surface area contributed by atoms with Crippen molar-refractivity contribution in [2.24, 2.45) is 0 Å². The molecule has 0 fully saturated rings. The maximum absolute atomic E-state index is 13.6. The number of aromatic nitrogens is 4. The lowest BCUT2D eigenvalue weighted by Crippen LogP contribution is -2.36. The molecule has 0 aliphatic carbocycles. The normalized spacial score (nSPS) is 13.2. The highest BCUT2D eigenvalue weighted by molar-refractivity contribution is 9.10. The Morgan fingerprint density at radius 2 is 1.98 bits per heavy atom. The predicted octanol–water partition coefficient (Wildman–Crippen LogP) is 5.88. The van der Waals surface area contributed by atoms with E-state index in [1.165, 1.54) is 42.1 Å². The standard InChI is InChI=1S/C27H22BBrF4N4O5S/c1-2-39-26(38)22(42-24-19-21(29)23(17-7-8-18(30)41-17)43-25(19)35-13-34-24)20(28)15-5-3-4-6-16(15)40-11-14-9-10-36-37(14)12-27(31,32)33/h3-10,13,20,22H,2,11-12,28H2,1H3/t20-,22+/m1/s1. The maximum atomic E-state index is 13.6. The van der Waals surface area contributed by atoms with E-state index in [1.807, 2.05) is 0 Å². The summed E-state index contributed by atoms with van der Waals surface area (Å²) in [5.74, 6) is -0.655. The summed E-state index contributed by atoms with van der Waals surface area (Å²) in [6.07, 6.45) is -3.12. The number of halogens is 5. The van der Waals surface area contributed by atoms with Gasteiger partial charge in [-0.25, -0.2) is 14.8 Å². The molecule has 5 aromatic rings. The number of rotatable bonds is 11. The Kier molecular flexibility index (Phi) is 9.06. The molecule has 224 valence electrons. The topological polar surface area (TPSA) is 102 Å². The van der Waals surface area contributed by atoms with Gasteiger partial charge in [0.15, 0.2) is 6.10 Å². The third-order valence-electron chi connectivity index (χ3n) is 6.32. The molecule has 2 atom stereocenters. The summed E-state index contributed by atoms with van der Waals surface area (Å²) in [5, 5.41) is 4.19. The van der Waals surface area contributed by atoms with Gasteiger partial charge in [0.1, 0.15) is 43.7 Å². The summed E-state index contributed by atoms with van der Waals surface area (Å²) < 4.78 is 76.4. The van der Waals surface area contributed by atoms with Gasteiger partial charge in [-0.1, -0.05) is 18.2 Å². The van der Waals surface area contributed by atoms with E-state index in [0.717, 1.165) is 4.68 Å². The number of hydrogen-bond acceptors (Lipinski definition) is 9. The molecule has 1 aromatic carbocycles. The molecule has 5 rings (SSSR count). The zero-order chi connectivity index (χ0) is 30.7. The van der Waals surface area contributed by atoms with Crippen LogP contribution in [0.3, 0.4) is 0 Å². The molecule has 0 N–H and O–H groups in total. The van der Waals surface area contributed by atoms with Crippen LogP contribution in [0.5, 0.6) is 11.6 Å². The molecule has 0 saturated heterocycles. The molecule has 0 aliphatic rings. The number of carbonyl (C=O) groups is 1. The number of fused-ring (bicyclic) bond motifs is 1. The molecular formula is C27H22BBrF4N4O5S. The van der Waals surface area contributed by atoms with Gasteiger partial charge in [0, 0.05) is 18.1 Å². The van der Waals surface area contributed by atoms with Gasteiger partial charge < -0.3 is 18.6 Å². The minimum atomic E-state index is -4.45. The van der Waals surface area contributed by atoms with Crippen molar-refractivity contribution in [1.29, 1.82) is 0 Å². The molecule has 0 spiro atoms. The summed E-state index contributed by atoms with van der Waals surface area (Å²) >= 11 is 4.73. The fourth-order valence-corrected chi connectivity index (χ4v) is 6.27. The van der Waals surface area contributed by atoms with Crippen LogP contribution >= 0.6 is 27.3 Å². The van der Waals surface area contributed by atoms with Gasteiger partial charge in [0.2, 0.25) is 5.88 Å². The second-order valence-corrected chi connectivity index (χ2v) is 11.0. The first-order valence-electron chi connectivity index (χ1n) is 12.9. The molecule has 4 heterocycles. The summed E-state index contributed by atoms with van der Waals surface area (Å²) in [6.45, 7) is 0.295. The maximum Gasteiger partial charge on any atom is 0.408 e. The van der Waals surface area contributed by atoms with Crippen molar-refractivity contribution in [1.82, 2.24) is 19.7 Å². The molecule has 0 aliphatic heterocycles. The van der Waals surface area contributed by atoms with Crippen LogP contribution in [0.2, 0.25) is 0 Å². The number of alkyl halides is 3. The first kappa shape index (κ1) is 30.5. The van der Waals surface area contributed by atoms with Gasteiger partial charge in [-0.15, -0.1) is 11.3 Å². The van der Waals surface area contributed by atoms with Gasteiger partial charge >= 0.3 is 12.1 Å². The Morgan fingerprint density at radius 3 is 2.70 bits per heavy atom. The third-order valence-corrected chi connectivity index (χ3v) is 8.49. The zero-order valence-corrected chi connectivity index (χ0v) is 25.0. The molecule has 0 saturated carbocycles. The number of carbonyl (C=O) groups excluding carboxylic acids is 1. The number of esters is 1. The lowest BCUT2D eigenvalue weighted by Gasteiger charge is -2.25. The molecule has 0 unspecified atom stereocenters. The third kappa shape index (κ3) is 6.85. The molecule has 0 radical (unpaired) electrons. The van der Waals surface area contributed by atoms with Crippen LogP contribution in [0.1, 0.15) is 24.0 Å². The van der Waals surface area contributed by atoms with Crippen molar-refractivity contribution in [3.05, 3.63) is 76.7 Å². The fraction of sp³-hybridized carbons (Fsp3) is 0.259. The van der Waals surface area contributed by atoms with Crippen LogP contribution in [0.25, 0.3) is 20.9 Å². The second kappa shape index (κ2) is 12.8. The van der Waals surface area contributed by atoms with E-state index >= 15 is 0 Å². The number of para-hydroxylation sites is 1. The van der Waals surface area contributed by atoms with Crippen molar-refractivity contribution >= 4 is 51.3 Å². The number of benzene rings is 1. The Balaban J connectivity index is 1.45. The van der Waals surface area contributed by atoms with E-state index in [1.54, 1.807) is 39.0 Å². The Morgan fingerprint density at radius 1 is 1.19 bits per heavy atom. The van der Waals surface area contributed by atoms with Crippen molar-refractivity contribution in [2.45, 2.75) is 38.2 Å². The number of hydrogen-bond donors (Lipinski definition) is 0. The highest BCUT2D eigenvalue weighted by Gasteiger charge is 2.34. The van der Waals surface area contributed by atoms with Crippen LogP contribution in [0, 0.1) is 6.01 Å². The van der Waals surface area contributed by atoms with E-state index in [-0.39, 0.29) is 30.5 Å². The van der Waals surface area contributed by atoms with Gasteiger partial charge in [-0.2, -0.15) is 22.7 Å². The molecule has 9 nitrogen and oxygen atoms in total. The lowest BCUT2D eigenvalue weighted by molar-refractivity contribution is -0.151. The van der Waals surface area contributed by atoms with E-state index < -0.39 is 36.6 Å². The minimum Gasteiger partial charge on any atom is -0.487 e. The summed E-state index contributed by atoms with van der Waals surface area (Å²) in [4.78, 5) is 22.8. The zero-order valence-electron chi connectivity index (χ0n) is 22.6. The Bertz CT molecular complexity index is 1740. The highest BCUT2D eigenvalue weighted by atomic mass is 79.9. The monoisotopic (exact) mass is 680 g/mol. The van der Waals surface area contributed by atoms with Crippen LogP contribution in [0.4, 0.5) is 17.6 Å². The molecule has 16 heteroatoms. The van der Waals surface area contributed by atoms with Crippen LogP contribution < -0.4 is 9.47 Å². The highest BCUT2D eigenvalue weighted by Crippen LogP contribution is 2.45. The van der Waals surface area contributed by atoms with E-state index in [2.05, 4.69) is 31.0 Å². The smallest absolute Gasteiger partial charge is 0.408 e. The van der Waals surface area contributed by atoms with Gasteiger partial charge in [-0.05, 0) is 46.6 Å². The average Bonchev–Trinajstić information content (AvgIpc) is 3.68. The van der Waals surface area contributed by atoms with Crippen LogP contribution in [-0.2, 0) is 22.7 Å². The Hall–Kier alpha value is -3.92. The summed E-state index contributed by atoms with van der Waals surface area (Å²) in [6, 6.07) is 10.2. The van der Waals surface area contributed by atoms with Crippen LogP contribution in [-0.4, -0.2) is 52.5 Å². The Labute approximate surface area is 255 Å². The molecule has 43 heavy (non-hydrogen) atoms. The first-order valence-corrected chi connectivity index (χ1v) is 14.5. The van der Waals surface area contributed by atoms with E-state index in [4.69, 9.17) is 18.6 Å². The first-order chi connectivity index (χ1) is 20.6. The van der Waals surface area contributed by atoms with Crippen LogP contribution in [0.15, 0.2) is 63.9 Å². The number of thiophene rings is 1. The predicted molar refractivity (Wildman–Crippen MR) is 154 cm³/mol. The lowest BCUT2D eigenvalue weighted by atomic mass is 9.76. The largest absolute Gasteiger partial charge is 0.487 e. The van der Waals surface area contributed by atoms with E-state index in [9.17, 15) is 22.4 Å². The minimum absolute atomic E-state index is 0.0748. The van der Waals surface area contributed by atoms with Crippen molar-refractivity contribution in [3.8, 4) is 22.3 Å².